The van der Waals surface area contributed by atoms with Gasteiger partial charge in [-0.25, -0.2) is 4.79 Å². The van der Waals surface area contributed by atoms with Crippen LogP contribution in [0.15, 0.2) is 37.1 Å². The zero-order chi connectivity index (χ0) is 9.98. The highest BCUT2D eigenvalue weighted by Crippen LogP contribution is 1.97. The first-order valence-electron chi connectivity index (χ1n) is 3.63. The summed E-state index contributed by atoms with van der Waals surface area (Å²) in [6.07, 6.45) is 3.47. The van der Waals surface area contributed by atoms with Crippen molar-refractivity contribution in [1.82, 2.24) is 0 Å². The minimum atomic E-state index is -0.854. The molecule has 12 heavy (non-hydrogen) atoms. The third kappa shape index (κ3) is 8.49. The molecule has 0 aromatic rings. The standard InChI is InChI=1S/C7H9NO2.C2H6.H2/c1-3-5-6(4-2)10-7(8)9;1-2;/h3-5H,1-2H2,(H2,8,9);1-2H3;1H/b6-5+;;. The molecule has 0 aromatic heterocycles. The van der Waals surface area contributed by atoms with Crippen molar-refractivity contribution in [2.75, 3.05) is 0 Å². The molecular formula is C9H17NO2. The van der Waals surface area contributed by atoms with E-state index in [2.05, 4.69) is 17.9 Å². The minimum absolute atomic E-state index is 0. The number of carbonyl (C=O) groups excluding carboxylic acids is 1. The van der Waals surface area contributed by atoms with Gasteiger partial charge in [-0.1, -0.05) is 33.1 Å². The Morgan fingerprint density at radius 3 is 2.25 bits per heavy atom. The maximum absolute atomic E-state index is 10.1. The number of allylic oxidation sites excluding steroid dienone is 3. The number of carbonyl (C=O) groups is 1. The lowest BCUT2D eigenvalue weighted by Crippen LogP contribution is -2.11. The second-order valence-corrected chi connectivity index (χ2v) is 1.43. The molecule has 0 aliphatic carbocycles. The van der Waals surface area contributed by atoms with Gasteiger partial charge in [0.25, 0.3) is 0 Å². The predicted octanol–water partition coefficient (Wildman–Crippen LogP) is 2.61. The zero-order valence-corrected chi connectivity index (χ0v) is 7.54. The fraction of sp³-hybridized carbons (Fsp3) is 0.222. The van der Waals surface area contributed by atoms with Gasteiger partial charge in [0, 0.05) is 1.43 Å². The summed E-state index contributed by atoms with van der Waals surface area (Å²) in [6, 6.07) is 0. The quantitative estimate of drug-likeness (QED) is 0.524. The number of hydrogen-bond donors (Lipinski definition) is 1. The van der Waals surface area contributed by atoms with Crippen molar-refractivity contribution >= 4 is 6.09 Å². The summed E-state index contributed by atoms with van der Waals surface area (Å²) in [5.41, 5.74) is 4.72. The van der Waals surface area contributed by atoms with Gasteiger partial charge in [0.15, 0.2) is 0 Å². The van der Waals surface area contributed by atoms with Gasteiger partial charge < -0.3 is 10.5 Å². The summed E-state index contributed by atoms with van der Waals surface area (Å²) in [5, 5.41) is 0. The van der Waals surface area contributed by atoms with Crippen LogP contribution in [0.2, 0.25) is 0 Å². The maximum Gasteiger partial charge on any atom is 0.409 e. The van der Waals surface area contributed by atoms with Gasteiger partial charge in [-0.3, -0.25) is 0 Å². The van der Waals surface area contributed by atoms with Crippen LogP contribution in [0.1, 0.15) is 15.3 Å². The van der Waals surface area contributed by atoms with Crippen molar-refractivity contribution in [3.05, 3.63) is 37.1 Å². The molecule has 0 bridgehead atoms. The lowest BCUT2D eigenvalue weighted by molar-refractivity contribution is 0.190. The molecule has 0 unspecified atom stereocenters. The van der Waals surface area contributed by atoms with Crippen LogP contribution >= 0.6 is 0 Å². The van der Waals surface area contributed by atoms with Crippen LogP contribution in [0.4, 0.5) is 4.79 Å². The molecule has 0 radical (unpaired) electrons. The van der Waals surface area contributed by atoms with Crippen molar-refractivity contribution in [3.8, 4) is 0 Å². The van der Waals surface area contributed by atoms with Crippen molar-refractivity contribution in [3.63, 3.8) is 0 Å². The van der Waals surface area contributed by atoms with Crippen LogP contribution in [0.5, 0.6) is 0 Å². The van der Waals surface area contributed by atoms with Crippen LogP contribution in [0.3, 0.4) is 0 Å². The first-order valence-corrected chi connectivity index (χ1v) is 3.63. The minimum Gasteiger partial charge on any atom is -0.411 e. The van der Waals surface area contributed by atoms with E-state index in [9.17, 15) is 4.79 Å². The van der Waals surface area contributed by atoms with E-state index >= 15 is 0 Å². The second kappa shape index (κ2) is 9.49. The molecule has 3 heteroatoms. The summed E-state index contributed by atoms with van der Waals surface area (Å²) in [6.45, 7) is 10.8. The summed E-state index contributed by atoms with van der Waals surface area (Å²) in [5.74, 6) is 0.294. The molecule has 0 rings (SSSR count). The summed E-state index contributed by atoms with van der Waals surface area (Å²) >= 11 is 0. The molecule has 0 spiro atoms. The normalized spacial score (nSPS) is 9.00. The topological polar surface area (TPSA) is 52.3 Å². The van der Waals surface area contributed by atoms with Crippen LogP contribution < -0.4 is 5.73 Å². The zero-order valence-electron chi connectivity index (χ0n) is 7.54. The first kappa shape index (κ1) is 13.1. The van der Waals surface area contributed by atoms with Crippen LogP contribution in [-0.4, -0.2) is 6.09 Å². The molecule has 0 atom stereocenters. The Labute approximate surface area is 74.7 Å². The molecule has 3 nitrogen and oxygen atoms in total. The molecule has 0 fully saturated rings. The summed E-state index contributed by atoms with van der Waals surface area (Å²) < 4.78 is 4.45. The Morgan fingerprint density at radius 2 is 2.00 bits per heavy atom. The summed E-state index contributed by atoms with van der Waals surface area (Å²) in [4.78, 5) is 10.1. The molecule has 0 heterocycles. The number of amides is 1. The Morgan fingerprint density at radius 1 is 1.50 bits per heavy atom. The number of nitrogens with two attached hydrogens (primary N) is 1. The van der Waals surface area contributed by atoms with Gasteiger partial charge in [0.2, 0.25) is 0 Å². The van der Waals surface area contributed by atoms with Crippen molar-refractivity contribution < 1.29 is 11.0 Å². The predicted molar refractivity (Wildman–Crippen MR) is 52.6 cm³/mol. The van der Waals surface area contributed by atoms with Gasteiger partial charge in [0.05, 0.1) is 0 Å². The van der Waals surface area contributed by atoms with E-state index in [0.717, 1.165) is 0 Å². The fourth-order valence-corrected chi connectivity index (χ4v) is 0.376. The molecule has 0 saturated carbocycles. The van der Waals surface area contributed by atoms with E-state index < -0.39 is 6.09 Å². The van der Waals surface area contributed by atoms with Gasteiger partial charge in [-0.2, -0.15) is 0 Å². The Bertz CT molecular complexity index is 188. The van der Waals surface area contributed by atoms with Gasteiger partial charge in [0.1, 0.15) is 5.76 Å². The van der Waals surface area contributed by atoms with Crippen molar-refractivity contribution in [2.24, 2.45) is 5.73 Å². The molecule has 70 valence electrons. The average Bonchev–Trinajstić information content (AvgIpc) is 2.07. The smallest absolute Gasteiger partial charge is 0.409 e. The Hall–Kier alpha value is -1.51. The second-order valence-electron chi connectivity index (χ2n) is 1.43. The van der Waals surface area contributed by atoms with Crippen LogP contribution in [0.25, 0.3) is 0 Å². The lowest BCUT2D eigenvalue weighted by atomic mass is 10.4. The van der Waals surface area contributed by atoms with E-state index in [4.69, 9.17) is 5.73 Å². The van der Waals surface area contributed by atoms with Crippen LogP contribution in [-0.2, 0) is 4.74 Å². The largest absolute Gasteiger partial charge is 0.411 e. The maximum atomic E-state index is 10.1. The third-order valence-corrected chi connectivity index (χ3v) is 0.702. The lowest BCUT2D eigenvalue weighted by Gasteiger charge is -1.97. The number of hydrogen-bond acceptors (Lipinski definition) is 2. The van der Waals surface area contributed by atoms with Gasteiger partial charge in [-0.05, 0) is 12.2 Å². The molecule has 2 N–H and O–H groups in total. The van der Waals surface area contributed by atoms with E-state index in [1.807, 2.05) is 13.8 Å². The average molecular weight is 171 g/mol. The van der Waals surface area contributed by atoms with E-state index in [-0.39, 0.29) is 1.43 Å². The SMILES string of the molecule is C=C/C=C(\C=C)OC(N)=O.CC.[HH]. The van der Waals surface area contributed by atoms with E-state index in [1.54, 1.807) is 0 Å². The fourth-order valence-electron chi connectivity index (χ4n) is 0.376. The molecule has 0 saturated heterocycles. The Kier molecular flexibility index (Phi) is 10.4. The van der Waals surface area contributed by atoms with Crippen molar-refractivity contribution in [2.45, 2.75) is 13.8 Å². The highest BCUT2D eigenvalue weighted by Gasteiger charge is 1.94. The van der Waals surface area contributed by atoms with Crippen molar-refractivity contribution in [1.29, 1.82) is 0 Å². The third-order valence-electron chi connectivity index (χ3n) is 0.702. The Balaban J connectivity index is -0.000000309. The molecule has 0 aliphatic heterocycles. The van der Waals surface area contributed by atoms with Crippen LogP contribution in [0, 0.1) is 0 Å². The summed E-state index contributed by atoms with van der Waals surface area (Å²) in [7, 11) is 0. The van der Waals surface area contributed by atoms with Gasteiger partial charge >= 0.3 is 6.09 Å². The van der Waals surface area contributed by atoms with Gasteiger partial charge in [-0.15, -0.1) is 0 Å². The van der Waals surface area contributed by atoms with E-state index in [0.29, 0.717) is 5.76 Å². The number of ether oxygens (including phenoxy) is 1. The first-order chi connectivity index (χ1) is 5.70. The highest BCUT2D eigenvalue weighted by atomic mass is 16.5. The number of rotatable bonds is 3. The molecule has 0 aromatic carbocycles. The number of primary amides is 1. The molecule has 1 amide bonds. The molecule has 0 aliphatic rings. The van der Waals surface area contributed by atoms with E-state index in [1.165, 1.54) is 18.2 Å². The highest BCUT2D eigenvalue weighted by molar-refractivity contribution is 5.66. The molecular weight excluding hydrogens is 154 g/mol. The monoisotopic (exact) mass is 171 g/mol.